The molecule has 0 aromatic carbocycles. The van der Waals surface area contributed by atoms with Crippen LogP contribution in [-0.2, 0) is 14.3 Å². The Bertz CT molecular complexity index is 649. The van der Waals surface area contributed by atoms with Gasteiger partial charge >= 0.3 is 11.9 Å². The molecule has 0 aliphatic rings. The van der Waals surface area contributed by atoms with Crippen LogP contribution in [0.5, 0.6) is 0 Å². The van der Waals surface area contributed by atoms with Crippen molar-refractivity contribution in [1.82, 2.24) is 0 Å². The molecule has 0 aliphatic carbocycles. The molecule has 1 atom stereocenters. The second-order valence-electron chi connectivity index (χ2n) is 11.3. The number of carbonyl (C=O) groups is 2. The summed E-state index contributed by atoms with van der Waals surface area (Å²) in [7, 11) is 0. The Labute approximate surface area is 248 Å². The van der Waals surface area contributed by atoms with Crippen LogP contribution in [0.25, 0.3) is 0 Å². The van der Waals surface area contributed by atoms with Crippen molar-refractivity contribution < 1.29 is 19.4 Å². The summed E-state index contributed by atoms with van der Waals surface area (Å²) in [4.78, 5) is 22.9. The first-order valence-corrected chi connectivity index (χ1v) is 17.0. The lowest BCUT2D eigenvalue weighted by Crippen LogP contribution is -2.18. The van der Waals surface area contributed by atoms with E-state index in [-0.39, 0.29) is 18.5 Å². The van der Waals surface area contributed by atoms with E-state index in [4.69, 9.17) is 9.84 Å². The number of esters is 1. The molecule has 0 amide bonds. The van der Waals surface area contributed by atoms with E-state index in [2.05, 4.69) is 50.3 Å². The maximum absolute atomic E-state index is 12.4. The van der Waals surface area contributed by atoms with Crippen LogP contribution in [0.2, 0.25) is 0 Å². The molecule has 0 radical (unpaired) electrons. The van der Waals surface area contributed by atoms with Gasteiger partial charge < -0.3 is 9.84 Å². The predicted molar refractivity (Wildman–Crippen MR) is 172 cm³/mol. The minimum Gasteiger partial charge on any atom is -0.481 e. The molecule has 0 fully saturated rings. The van der Waals surface area contributed by atoms with Crippen molar-refractivity contribution >= 4 is 11.9 Å². The van der Waals surface area contributed by atoms with E-state index in [9.17, 15) is 9.59 Å². The zero-order valence-corrected chi connectivity index (χ0v) is 26.4. The first-order chi connectivity index (χ1) is 19.6. The molecule has 0 aromatic rings. The number of unbranched alkanes of at least 4 members (excludes halogenated alkanes) is 15. The van der Waals surface area contributed by atoms with E-state index >= 15 is 0 Å². The van der Waals surface area contributed by atoms with Gasteiger partial charge in [0.1, 0.15) is 6.10 Å². The van der Waals surface area contributed by atoms with Crippen molar-refractivity contribution in [2.24, 2.45) is 0 Å². The second-order valence-corrected chi connectivity index (χ2v) is 11.3. The van der Waals surface area contributed by atoms with Crippen molar-refractivity contribution in [2.75, 3.05) is 0 Å². The molecule has 40 heavy (non-hydrogen) atoms. The Morgan fingerprint density at radius 3 is 1.62 bits per heavy atom. The number of carbonyl (C=O) groups excluding carboxylic acids is 1. The van der Waals surface area contributed by atoms with E-state index in [1.54, 1.807) is 0 Å². The maximum Gasteiger partial charge on any atom is 0.306 e. The van der Waals surface area contributed by atoms with E-state index in [0.717, 1.165) is 96.3 Å². The molecular formula is C36H64O4. The lowest BCUT2D eigenvalue weighted by atomic mass is 10.0. The van der Waals surface area contributed by atoms with E-state index in [1.807, 2.05) is 0 Å². The first-order valence-electron chi connectivity index (χ1n) is 17.0. The number of hydrogen-bond acceptors (Lipinski definition) is 3. The average Bonchev–Trinajstić information content (AvgIpc) is 2.94. The van der Waals surface area contributed by atoms with Crippen molar-refractivity contribution in [3.05, 3.63) is 36.5 Å². The van der Waals surface area contributed by atoms with Gasteiger partial charge in [0.15, 0.2) is 0 Å². The number of rotatable bonds is 30. The number of carboxylic acid groups (broad SMARTS) is 1. The number of allylic oxidation sites excluding steroid dienone is 6. The highest BCUT2D eigenvalue weighted by Gasteiger charge is 2.13. The standard InChI is InChI=1S/C36H64O4/c1-3-5-7-8-9-10-11-12-13-14-15-16-17-18-19-20-21-26-29-33-36(39)40-34(30-6-4-2)31-27-24-22-23-25-28-32-35(37)38/h5,7,9-10,12-13,34H,3-4,6,8,11,14-33H2,1-2H3,(H,37,38)/b7-5-,10-9-,13-12-. The van der Waals surface area contributed by atoms with Gasteiger partial charge in [-0.3, -0.25) is 9.59 Å². The largest absolute Gasteiger partial charge is 0.481 e. The van der Waals surface area contributed by atoms with Gasteiger partial charge in [-0.15, -0.1) is 0 Å². The normalized spacial score (nSPS) is 12.7. The van der Waals surface area contributed by atoms with Gasteiger partial charge in [-0.1, -0.05) is 134 Å². The van der Waals surface area contributed by atoms with E-state index in [1.165, 1.54) is 51.4 Å². The van der Waals surface area contributed by atoms with Crippen LogP contribution < -0.4 is 0 Å². The lowest BCUT2D eigenvalue weighted by molar-refractivity contribution is -0.150. The molecule has 0 aromatic heterocycles. The van der Waals surface area contributed by atoms with Crippen LogP contribution in [0.3, 0.4) is 0 Å². The summed E-state index contributed by atoms with van der Waals surface area (Å²) >= 11 is 0. The van der Waals surface area contributed by atoms with Crippen LogP contribution in [0.1, 0.15) is 174 Å². The molecule has 0 aliphatic heterocycles. The van der Waals surface area contributed by atoms with Crippen LogP contribution in [0.15, 0.2) is 36.5 Å². The zero-order valence-electron chi connectivity index (χ0n) is 26.4. The van der Waals surface area contributed by atoms with Crippen molar-refractivity contribution in [3.63, 3.8) is 0 Å². The number of aliphatic carboxylic acids is 1. The third kappa shape index (κ3) is 30.7. The summed E-state index contributed by atoms with van der Waals surface area (Å²) < 4.78 is 5.85. The van der Waals surface area contributed by atoms with Gasteiger partial charge in [-0.05, 0) is 64.2 Å². The SMILES string of the molecule is CC/C=C\C/C=C\C/C=C\CCCCCCCCCCCC(=O)OC(CCCC)CCCCCCCCC(=O)O. The fraction of sp³-hybridized carbons (Fsp3) is 0.778. The van der Waals surface area contributed by atoms with Gasteiger partial charge in [0.25, 0.3) is 0 Å². The van der Waals surface area contributed by atoms with Gasteiger partial charge in [-0.25, -0.2) is 0 Å². The molecule has 0 heterocycles. The highest BCUT2D eigenvalue weighted by atomic mass is 16.5. The number of hydrogen-bond donors (Lipinski definition) is 1. The van der Waals surface area contributed by atoms with E-state index in [0.29, 0.717) is 6.42 Å². The van der Waals surface area contributed by atoms with Gasteiger partial charge in [0.2, 0.25) is 0 Å². The lowest BCUT2D eigenvalue weighted by Gasteiger charge is -2.18. The number of carboxylic acids is 1. The summed E-state index contributed by atoms with van der Waals surface area (Å²) in [6.45, 7) is 4.35. The van der Waals surface area contributed by atoms with Crippen LogP contribution in [0, 0.1) is 0 Å². The Hall–Kier alpha value is -1.84. The molecule has 4 heteroatoms. The minimum atomic E-state index is -0.698. The maximum atomic E-state index is 12.4. The van der Waals surface area contributed by atoms with Crippen molar-refractivity contribution in [1.29, 1.82) is 0 Å². The predicted octanol–water partition coefficient (Wildman–Crippen LogP) is 11.4. The molecule has 232 valence electrons. The summed E-state index contributed by atoms with van der Waals surface area (Å²) in [5.74, 6) is -0.708. The molecule has 0 spiro atoms. The summed E-state index contributed by atoms with van der Waals surface area (Å²) in [6, 6.07) is 0. The molecule has 0 saturated heterocycles. The molecule has 1 N–H and O–H groups in total. The molecular weight excluding hydrogens is 496 g/mol. The topological polar surface area (TPSA) is 63.6 Å². The monoisotopic (exact) mass is 560 g/mol. The summed E-state index contributed by atoms with van der Waals surface area (Å²) in [5.41, 5.74) is 0. The molecule has 1 unspecified atom stereocenters. The fourth-order valence-electron chi connectivity index (χ4n) is 4.89. The first kappa shape index (κ1) is 38.2. The molecule has 0 rings (SSSR count). The van der Waals surface area contributed by atoms with Crippen LogP contribution >= 0.6 is 0 Å². The summed E-state index contributed by atoms with van der Waals surface area (Å²) in [6.07, 6.45) is 40.5. The van der Waals surface area contributed by atoms with Gasteiger partial charge in [0.05, 0.1) is 0 Å². The Morgan fingerprint density at radius 2 is 1.05 bits per heavy atom. The Balaban J connectivity index is 3.64. The van der Waals surface area contributed by atoms with Crippen LogP contribution in [0.4, 0.5) is 0 Å². The summed E-state index contributed by atoms with van der Waals surface area (Å²) in [5, 5.41) is 8.69. The van der Waals surface area contributed by atoms with Crippen LogP contribution in [-0.4, -0.2) is 23.1 Å². The smallest absolute Gasteiger partial charge is 0.306 e. The molecule has 0 bridgehead atoms. The Morgan fingerprint density at radius 1 is 0.575 bits per heavy atom. The molecule has 4 nitrogen and oxygen atoms in total. The zero-order chi connectivity index (χ0) is 29.4. The third-order valence-electron chi connectivity index (χ3n) is 7.38. The van der Waals surface area contributed by atoms with E-state index < -0.39 is 5.97 Å². The average molecular weight is 561 g/mol. The molecule has 0 saturated carbocycles. The van der Waals surface area contributed by atoms with Gasteiger partial charge in [-0.2, -0.15) is 0 Å². The van der Waals surface area contributed by atoms with Crippen molar-refractivity contribution in [3.8, 4) is 0 Å². The second kappa shape index (κ2) is 31.7. The Kier molecular flexibility index (Phi) is 30.2. The van der Waals surface area contributed by atoms with Crippen molar-refractivity contribution in [2.45, 2.75) is 180 Å². The van der Waals surface area contributed by atoms with Gasteiger partial charge in [0, 0.05) is 12.8 Å². The highest BCUT2D eigenvalue weighted by Crippen LogP contribution is 2.17. The quantitative estimate of drug-likeness (QED) is 0.0539. The third-order valence-corrected chi connectivity index (χ3v) is 7.38. The highest BCUT2D eigenvalue weighted by molar-refractivity contribution is 5.69. The minimum absolute atomic E-state index is 0.0102. The fourth-order valence-corrected chi connectivity index (χ4v) is 4.89. The number of ether oxygens (including phenoxy) is 1.